The number of anilines is 2. The average molecular weight is 981 g/mol. The summed E-state index contributed by atoms with van der Waals surface area (Å²) in [5.41, 5.74) is 13.2. The van der Waals surface area contributed by atoms with Crippen LogP contribution in [-0.2, 0) is 61.7 Å². The number of carbonyl (C=O) groups is 2. The maximum absolute atomic E-state index is 13.9. The zero-order chi connectivity index (χ0) is 50.3. The topological polar surface area (TPSA) is 95.1 Å². The number of carbonyl (C=O) groups excluding carboxylic acids is 2. The fraction of sp³-hybridized carbons (Fsp3) is 0.242. The summed E-state index contributed by atoms with van der Waals surface area (Å²) in [7, 11) is 0. The van der Waals surface area contributed by atoms with Gasteiger partial charge in [0.25, 0.3) is 0 Å². The zero-order valence-electron chi connectivity index (χ0n) is 42.1. The first-order chi connectivity index (χ1) is 36.5. The Hall–Kier alpha value is -8.10. The first-order valence-electron chi connectivity index (χ1n) is 26.3. The van der Waals surface area contributed by atoms with E-state index < -0.39 is 0 Å². The number of ether oxygens (including phenoxy) is 4. The maximum Gasteiger partial charge on any atom is 0.224 e. The molecule has 0 radical (unpaired) electrons. The van der Waals surface area contributed by atoms with Crippen LogP contribution in [0.1, 0.15) is 118 Å². The lowest BCUT2D eigenvalue weighted by Gasteiger charge is -2.24. The summed E-state index contributed by atoms with van der Waals surface area (Å²) in [6.07, 6.45) is 8.04. The van der Waals surface area contributed by atoms with Crippen LogP contribution in [0.4, 0.5) is 11.4 Å². The third-order valence-electron chi connectivity index (χ3n) is 13.9. The first-order valence-corrected chi connectivity index (χ1v) is 26.3. The predicted molar refractivity (Wildman–Crippen MR) is 294 cm³/mol. The van der Waals surface area contributed by atoms with Crippen LogP contribution in [0.2, 0.25) is 0 Å². The minimum absolute atomic E-state index is 0.0227. The van der Waals surface area contributed by atoms with Gasteiger partial charge in [0.05, 0.1) is 0 Å². The van der Waals surface area contributed by atoms with Crippen molar-refractivity contribution in [3.8, 4) is 23.0 Å². The van der Waals surface area contributed by atoms with Crippen molar-refractivity contribution in [2.45, 2.75) is 103 Å². The highest BCUT2D eigenvalue weighted by Gasteiger charge is 2.25. The largest absolute Gasteiger partial charge is 0.488 e. The van der Waals surface area contributed by atoms with Gasteiger partial charge in [-0.1, -0.05) is 183 Å². The summed E-state index contributed by atoms with van der Waals surface area (Å²) < 4.78 is 28.2. The SMILES string of the molecule is O=C1CCCCCCCCC(=O)Nc2cc3c(OCc4ccccc4)c(c2)Cc2cccc(c2OCc2ccccc2)Cc2cc(cc(c2OCc2ccccc2)Cc2cccc(c2OCc2ccccc2)C3)N1. The van der Waals surface area contributed by atoms with Crippen molar-refractivity contribution in [2.24, 2.45) is 0 Å². The molecule has 0 aromatic heterocycles. The highest BCUT2D eigenvalue weighted by atomic mass is 16.5. The normalized spacial score (nSPS) is 14.1. The molecule has 74 heavy (non-hydrogen) atoms. The number of para-hydroxylation sites is 2. The van der Waals surface area contributed by atoms with Gasteiger partial charge in [-0.3, -0.25) is 9.59 Å². The second-order valence-electron chi connectivity index (χ2n) is 19.6. The van der Waals surface area contributed by atoms with Crippen molar-refractivity contribution in [2.75, 3.05) is 10.6 Å². The molecule has 0 spiro atoms. The minimum Gasteiger partial charge on any atom is -0.488 e. The Morgan fingerprint density at radius 2 is 0.554 bits per heavy atom. The van der Waals surface area contributed by atoms with Gasteiger partial charge in [0.15, 0.2) is 0 Å². The molecule has 2 amide bonds. The van der Waals surface area contributed by atoms with Crippen LogP contribution in [0.5, 0.6) is 23.0 Å². The first kappa shape index (κ1) is 49.5. The molecule has 1 aliphatic carbocycles. The van der Waals surface area contributed by atoms with Gasteiger partial charge >= 0.3 is 0 Å². The summed E-state index contributed by atoms with van der Waals surface area (Å²) in [5, 5.41) is 6.66. The Labute approximate surface area is 435 Å². The molecule has 11 rings (SSSR count). The van der Waals surface area contributed by atoms with Gasteiger partial charge in [-0.25, -0.2) is 0 Å². The molecule has 8 heteroatoms. The number of hydrogen-bond donors (Lipinski definition) is 2. The predicted octanol–water partition coefficient (Wildman–Crippen LogP) is 14.7. The van der Waals surface area contributed by atoms with E-state index >= 15 is 0 Å². The maximum atomic E-state index is 13.9. The van der Waals surface area contributed by atoms with Crippen molar-refractivity contribution in [1.29, 1.82) is 0 Å². The fourth-order valence-corrected chi connectivity index (χ4v) is 10.2. The van der Waals surface area contributed by atoms with E-state index in [1.807, 2.05) is 72.8 Å². The number of hydrogen-bond acceptors (Lipinski definition) is 6. The molecule has 2 aliphatic heterocycles. The van der Waals surface area contributed by atoms with Crippen molar-refractivity contribution in [3.63, 3.8) is 0 Å². The van der Waals surface area contributed by atoms with Gasteiger partial charge in [0, 0.05) is 72.2 Å². The van der Waals surface area contributed by atoms with Gasteiger partial charge in [-0.05, 0) is 81.6 Å². The molecule has 0 unspecified atom stereocenters. The molecule has 2 heterocycles. The van der Waals surface area contributed by atoms with E-state index in [4.69, 9.17) is 18.9 Å². The van der Waals surface area contributed by atoms with E-state index in [0.717, 1.165) is 140 Å². The Morgan fingerprint density at radius 3 is 0.838 bits per heavy atom. The van der Waals surface area contributed by atoms with E-state index in [1.54, 1.807) is 0 Å². The van der Waals surface area contributed by atoms with E-state index in [9.17, 15) is 9.59 Å². The van der Waals surface area contributed by atoms with E-state index in [-0.39, 0.29) is 11.8 Å². The third-order valence-corrected chi connectivity index (χ3v) is 13.9. The van der Waals surface area contributed by atoms with Crippen molar-refractivity contribution in [3.05, 3.63) is 249 Å². The Kier molecular flexibility index (Phi) is 16.4. The van der Waals surface area contributed by atoms with Crippen molar-refractivity contribution >= 4 is 23.2 Å². The van der Waals surface area contributed by atoms with Gasteiger partial charge in [-0.2, -0.15) is 0 Å². The minimum atomic E-state index is -0.0227. The van der Waals surface area contributed by atoms with E-state index in [2.05, 4.69) is 120 Å². The zero-order valence-corrected chi connectivity index (χ0v) is 42.1. The van der Waals surface area contributed by atoms with Crippen molar-refractivity contribution in [1.82, 2.24) is 0 Å². The molecule has 8 aromatic carbocycles. The Morgan fingerprint density at radius 1 is 0.297 bits per heavy atom. The molecular formula is C66H64N2O6. The number of benzene rings is 8. The summed E-state index contributed by atoms with van der Waals surface area (Å²) in [4.78, 5) is 27.8. The molecule has 3 aliphatic rings. The van der Waals surface area contributed by atoms with Crippen LogP contribution in [-0.4, -0.2) is 11.8 Å². The number of fused-ring (bicyclic) bond motifs is 11. The molecule has 0 saturated carbocycles. The summed E-state index contributed by atoms with van der Waals surface area (Å²) in [5.74, 6) is 2.99. The average Bonchev–Trinajstić information content (AvgIpc) is 3.41. The second-order valence-corrected chi connectivity index (χ2v) is 19.6. The molecule has 2 N–H and O–H groups in total. The van der Waals surface area contributed by atoms with Gasteiger partial charge in [-0.15, -0.1) is 0 Å². The third kappa shape index (κ3) is 13.1. The van der Waals surface area contributed by atoms with E-state index in [1.165, 1.54) is 0 Å². The Bertz CT molecular complexity index is 2850. The fourth-order valence-electron chi connectivity index (χ4n) is 10.2. The lowest BCUT2D eigenvalue weighted by Crippen LogP contribution is -2.14. The monoisotopic (exact) mass is 980 g/mol. The van der Waals surface area contributed by atoms with Crippen LogP contribution in [0, 0.1) is 0 Å². The Balaban J connectivity index is 1.20. The molecule has 8 aromatic rings. The summed E-state index contributed by atoms with van der Waals surface area (Å²) in [6, 6.07) is 62.0. The van der Waals surface area contributed by atoms with E-state index in [0.29, 0.717) is 65.0 Å². The second kappa shape index (κ2) is 24.5. The van der Waals surface area contributed by atoms with Gasteiger partial charge in [0.1, 0.15) is 49.4 Å². The standard InChI is InChI=1S/C66H64N2O6/c69-61-33-17-3-1-2-4-18-34-62(70)68-60-41-57-37-53-31-19-29-51(63(53)71-43-47-21-9-5-10-22-47)35-55-39-59(67-61)40-56(65(55)73-45-49-25-13-7-14-26-49)36-52-30-20-32-54(64(52)72-44-48-23-11-6-12-24-48)38-58(42-60)66(57)74-46-50-27-15-8-16-28-50/h5-16,19-32,39-42H,1-4,17-18,33-38,43-46H2,(H,67,69)(H,68,70). The van der Waals surface area contributed by atoms with Crippen LogP contribution in [0.3, 0.4) is 0 Å². The molecule has 8 nitrogen and oxygen atoms in total. The smallest absolute Gasteiger partial charge is 0.224 e. The quantitative estimate of drug-likeness (QED) is 0.127. The number of rotatable bonds is 12. The highest BCUT2D eigenvalue weighted by Crippen LogP contribution is 2.42. The van der Waals surface area contributed by atoms with Crippen LogP contribution < -0.4 is 29.6 Å². The summed E-state index contributed by atoms with van der Waals surface area (Å²) in [6.45, 7) is 1.40. The molecule has 0 fully saturated rings. The van der Waals surface area contributed by atoms with Gasteiger partial charge in [0.2, 0.25) is 11.8 Å². The number of amides is 2. The molecule has 0 atom stereocenters. The van der Waals surface area contributed by atoms with Gasteiger partial charge < -0.3 is 29.6 Å². The highest BCUT2D eigenvalue weighted by molar-refractivity contribution is 5.92. The lowest BCUT2D eigenvalue weighted by atomic mass is 9.90. The van der Waals surface area contributed by atoms with Crippen LogP contribution in [0.25, 0.3) is 0 Å². The molecule has 10 bridgehead atoms. The summed E-state index contributed by atoms with van der Waals surface area (Å²) >= 11 is 0. The molecule has 0 saturated heterocycles. The molecule has 374 valence electrons. The van der Waals surface area contributed by atoms with Crippen molar-refractivity contribution < 1.29 is 28.5 Å². The lowest BCUT2D eigenvalue weighted by molar-refractivity contribution is -0.117. The number of nitrogens with one attached hydrogen (secondary N) is 2. The molecular weight excluding hydrogens is 917 g/mol. The van der Waals surface area contributed by atoms with Crippen LogP contribution in [0.15, 0.2) is 182 Å². The van der Waals surface area contributed by atoms with Crippen LogP contribution >= 0.6 is 0 Å².